The molecule has 0 atom stereocenters. The van der Waals surface area contributed by atoms with E-state index in [1.807, 2.05) is 30.3 Å². The zero-order chi connectivity index (χ0) is 13.5. The largest absolute Gasteiger partial charge is 0.489 e. The molecule has 0 bridgehead atoms. The lowest BCUT2D eigenvalue weighted by atomic mass is 10.2. The Morgan fingerprint density at radius 3 is 2.37 bits per heavy atom. The molecule has 4 heteroatoms. The minimum absolute atomic E-state index is 0.486. The van der Waals surface area contributed by atoms with Gasteiger partial charge in [-0.15, -0.1) is 0 Å². The number of benzene rings is 2. The minimum Gasteiger partial charge on any atom is -0.489 e. The predicted octanol–water partition coefficient (Wildman–Crippen LogP) is 3.51. The van der Waals surface area contributed by atoms with Gasteiger partial charge in [0.25, 0.3) is 0 Å². The molecule has 2 aromatic rings. The highest BCUT2D eigenvalue weighted by molar-refractivity contribution is 5.49. The van der Waals surface area contributed by atoms with E-state index in [4.69, 9.17) is 4.74 Å². The van der Waals surface area contributed by atoms with Gasteiger partial charge in [-0.3, -0.25) is 10.1 Å². The molecule has 0 heterocycles. The van der Waals surface area contributed by atoms with Crippen molar-refractivity contribution < 1.29 is 9.66 Å². The molecule has 0 radical (unpaired) electrons. The van der Waals surface area contributed by atoms with Crippen molar-refractivity contribution in [3.8, 4) is 5.75 Å². The molecule has 4 nitrogen and oxygen atoms in total. The summed E-state index contributed by atoms with van der Waals surface area (Å²) in [5.74, 6) is 0.738. The summed E-state index contributed by atoms with van der Waals surface area (Å²) < 4.78 is 5.61. The van der Waals surface area contributed by atoms with Crippen LogP contribution in [0.15, 0.2) is 60.8 Å². The van der Waals surface area contributed by atoms with Crippen LogP contribution < -0.4 is 4.74 Å². The minimum atomic E-state index is -0.486. The van der Waals surface area contributed by atoms with E-state index in [0.717, 1.165) is 23.1 Å². The Hall–Kier alpha value is -2.62. The molecule has 0 aliphatic heterocycles. The van der Waals surface area contributed by atoms with Crippen LogP contribution in [0, 0.1) is 10.1 Å². The lowest BCUT2D eigenvalue weighted by Crippen LogP contribution is -1.94. The van der Waals surface area contributed by atoms with Crippen molar-refractivity contribution in [2.75, 3.05) is 0 Å². The van der Waals surface area contributed by atoms with Gasteiger partial charge < -0.3 is 4.74 Å². The summed E-state index contributed by atoms with van der Waals surface area (Å²) in [7, 11) is 0. The van der Waals surface area contributed by atoms with Gasteiger partial charge in [-0.05, 0) is 23.3 Å². The first-order chi connectivity index (χ1) is 9.24. The van der Waals surface area contributed by atoms with E-state index in [0.29, 0.717) is 6.61 Å². The van der Waals surface area contributed by atoms with E-state index in [-0.39, 0.29) is 0 Å². The Balaban J connectivity index is 1.94. The van der Waals surface area contributed by atoms with Crippen molar-refractivity contribution in [3.05, 3.63) is 82.0 Å². The fourth-order valence-electron chi connectivity index (χ4n) is 1.56. The molecule has 0 amide bonds. The Morgan fingerprint density at radius 1 is 1.05 bits per heavy atom. The Kier molecular flexibility index (Phi) is 4.29. The van der Waals surface area contributed by atoms with Gasteiger partial charge in [0.1, 0.15) is 12.4 Å². The Bertz CT molecular complexity index is 562. The van der Waals surface area contributed by atoms with Gasteiger partial charge in [-0.2, -0.15) is 0 Å². The normalized spacial score (nSPS) is 10.5. The molecule has 0 N–H and O–H groups in total. The molecule has 0 unspecified atom stereocenters. The molecule has 0 fully saturated rings. The van der Waals surface area contributed by atoms with E-state index in [2.05, 4.69) is 0 Å². The fourth-order valence-corrected chi connectivity index (χ4v) is 1.56. The molecule has 0 aliphatic carbocycles. The smallest absolute Gasteiger partial charge is 0.235 e. The van der Waals surface area contributed by atoms with Crippen molar-refractivity contribution in [1.82, 2.24) is 0 Å². The third-order valence-electron chi connectivity index (χ3n) is 2.52. The van der Waals surface area contributed by atoms with Crippen molar-refractivity contribution in [2.45, 2.75) is 6.61 Å². The van der Waals surface area contributed by atoms with Gasteiger partial charge in [0, 0.05) is 6.08 Å². The van der Waals surface area contributed by atoms with E-state index >= 15 is 0 Å². The van der Waals surface area contributed by atoms with Gasteiger partial charge in [-0.25, -0.2) is 0 Å². The summed E-state index contributed by atoms with van der Waals surface area (Å²) in [6.07, 6.45) is 2.36. The molecule has 0 saturated carbocycles. The second-order valence-electron chi connectivity index (χ2n) is 3.94. The maximum Gasteiger partial charge on any atom is 0.235 e. The van der Waals surface area contributed by atoms with Crippen molar-refractivity contribution in [2.24, 2.45) is 0 Å². The highest BCUT2D eigenvalue weighted by Crippen LogP contribution is 2.15. The summed E-state index contributed by atoms with van der Waals surface area (Å²) in [5.41, 5.74) is 1.86. The van der Waals surface area contributed by atoms with E-state index in [1.54, 1.807) is 24.3 Å². The summed E-state index contributed by atoms with van der Waals surface area (Å²) in [5, 5.41) is 10.2. The first kappa shape index (κ1) is 12.8. The molecule has 19 heavy (non-hydrogen) atoms. The summed E-state index contributed by atoms with van der Waals surface area (Å²) in [6, 6.07) is 17.0. The van der Waals surface area contributed by atoms with Crippen LogP contribution in [0.25, 0.3) is 6.08 Å². The van der Waals surface area contributed by atoms with Gasteiger partial charge in [0.2, 0.25) is 6.20 Å². The highest BCUT2D eigenvalue weighted by atomic mass is 16.6. The third-order valence-corrected chi connectivity index (χ3v) is 2.52. The van der Waals surface area contributed by atoms with E-state index in [1.165, 1.54) is 6.08 Å². The maximum absolute atomic E-state index is 10.2. The summed E-state index contributed by atoms with van der Waals surface area (Å²) >= 11 is 0. The van der Waals surface area contributed by atoms with Crippen molar-refractivity contribution >= 4 is 6.08 Å². The molecule has 0 aromatic heterocycles. The number of nitro groups is 1. The van der Waals surface area contributed by atoms with Crippen molar-refractivity contribution in [3.63, 3.8) is 0 Å². The predicted molar refractivity (Wildman–Crippen MR) is 73.2 cm³/mol. The molecule has 0 spiro atoms. The van der Waals surface area contributed by atoms with Crippen LogP contribution in [0.5, 0.6) is 5.75 Å². The molecule has 2 rings (SSSR count). The average Bonchev–Trinajstić information content (AvgIpc) is 2.45. The van der Waals surface area contributed by atoms with Crippen LogP contribution in [0.3, 0.4) is 0 Å². The third kappa shape index (κ3) is 4.27. The number of hydrogen-bond acceptors (Lipinski definition) is 3. The van der Waals surface area contributed by atoms with Crippen LogP contribution in [-0.4, -0.2) is 4.92 Å². The van der Waals surface area contributed by atoms with Crippen molar-refractivity contribution in [1.29, 1.82) is 0 Å². The Labute approximate surface area is 111 Å². The van der Waals surface area contributed by atoms with Gasteiger partial charge >= 0.3 is 0 Å². The lowest BCUT2D eigenvalue weighted by Gasteiger charge is -2.06. The maximum atomic E-state index is 10.2. The second kappa shape index (κ2) is 6.35. The van der Waals surface area contributed by atoms with Gasteiger partial charge in [-0.1, -0.05) is 42.5 Å². The SMILES string of the molecule is O=[N+]([O-])C=Cc1ccc(OCc2ccccc2)cc1. The molecular formula is C15H13NO3. The topological polar surface area (TPSA) is 52.4 Å². The summed E-state index contributed by atoms with van der Waals surface area (Å²) in [6.45, 7) is 0.505. The van der Waals surface area contributed by atoms with Crippen LogP contribution in [0.2, 0.25) is 0 Å². The first-order valence-electron chi connectivity index (χ1n) is 5.82. The van der Waals surface area contributed by atoms with Crippen LogP contribution in [-0.2, 0) is 6.61 Å². The number of nitrogens with zero attached hydrogens (tertiary/aromatic N) is 1. The molecule has 0 saturated heterocycles. The summed E-state index contributed by atoms with van der Waals surface area (Å²) in [4.78, 5) is 9.71. The van der Waals surface area contributed by atoms with Gasteiger partial charge in [0.15, 0.2) is 0 Å². The quantitative estimate of drug-likeness (QED) is 0.606. The molecule has 0 aliphatic rings. The number of hydrogen-bond donors (Lipinski definition) is 0. The van der Waals surface area contributed by atoms with E-state index in [9.17, 15) is 10.1 Å². The monoisotopic (exact) mass is 255 g/mol. The van der Waals surface area contributed by atoms with E-state index < -0.39 is 4.92 Å². The molecule has 96 valence electrons. The zero-order valence-electron chi connectivity index (χ0n) is 10.2. The number of ether oxygens (including phenoxy) is 1. The lowest BCUT2D eigenvalue weighted by molar-refractivity contribution is -0.400. The van der Waals surface area contributed by atoms with Crippen LogP contribution in [0.1, 0.15) is 11.1 Å². The highest BCUT2D eigenvalue weighted by Gasteiger charge is 1.96. The fraction of sp³-hybridized carbons (Fsp3) is 0.0667. The zero-order valence-corrected chi connectivity index (χ0v) is 10.2. The van der Waals surface area contributed by atoms with Crippen LogP contribution >= 0.6 is 0 Å². The number of rotatable bonds is 5. The second-order valence-corrected chi connectivity index (χ2v) is 3.94. The molecule has 2 aromatic carbocycles. The Morgan fingerprint density at radius 2 is 1.74 bits per heavy atom. The van der Waals surface area contributed by atoms with Gasteiger partial charge in [0.05, 0.1) is 4.92 Å². The standard InChI is InChI=1S/C15H13NO3/c17-16(18)11-10-13-6-8-15(9-7-13)19-12-14-4-2-1-3-5-14/h1-11H,12H2. The average molecular weight is 255 g/mol. The first-order valence-corrected chi connectivity index (χ1v) is 5.82. The molecular weight excluding hydrogens is 242 g/mol. The van der Waals surface area contributed by atoms with Crippen LogP contribution in [0.4, 0.5) is 0 Å².